The Kier molecular flexibility index (Phi) is 9.73. The predicted molar refractivity (Wildman–Crippen MR) is 126 cm³/mol. The number of aryl methyl sites for hydroxylation is 1. The van der Waals surface area contributed by atoms with Crippen molar-refractivity contribution in [3.8, 4) is 0 Å². The summed E-state index contributed by atoms with van der Waals surface area (Å²) < 4.78 is 0. The quantitative estimate of drug-likeness (QED) is 0.502. The summed E-state index contributed by atoms with van der Waals surface area (Å²) in [6.45, 7) is 9.05. The minimum atomic E-state index is -0.509. The molecular weight excluding hydrogens is 416 g/mol. The molecule has 0 radical (unpaired) electrons. The lowest BCUT2D eigenvalue weighted by molar-refractivity contribution is -0.139. The van der Waals surface area contributed by atoms with E-state index in [-0.39, 0.29) is 17.6 Å². The minimum absolute atomic E-state index is 0.0536. The van der Waals surface area contributed by atoms with E-state index in [1.54, 1.807) is 17.0 Å². The average Bonchev–Trinajstić information content (AvgIpc) is 2.72. The first-order chi connectivity index (χ1) is 14.3. The molecule has 0 aliphatic carbocycles. The van der Waals surface area contributed by atoms with Crippen molar-refractivity contribution in [2.45, 2.75) is 51.6 Å². The number of halogens is 1. The zero-order valence-corrected chi connectivity index (χ0v) is 19.7. The summed E-state index contributed by atoms with van der Waals surface area (Å²) in [4.78, 5) is 28.8. The van der Waals surface area contributed by atoms with Gasteiger partial charge in [0.25, 0.3) is 0 Å². The van der Waals surface area contributed by atoms with Gasteiger partial charge in [0, 0.05) is 23.0 Å². The molecule has 0 fully saturated rings. The standard InChI is InChI=1S/C24H31ClN2O2S/c1-5-22(24(29)26-14-17(2)3)27(15-19-8-10-20(25)11-9-19)23(28)16-30-21-12-6-18(4)7-13-21/h6-13,17,22H,5,14-16H2,1-4H3,(H,26,29)/t22-/m0/s1. The first-order valence-electron chi connectivity index (χ1n) is 10.3. The molecule has 0 bridgehead atoms. The second-order valence-corrected chi connectivity index (χ2v) is 9.30. The zero-order chi connectivity index (χ0) is 22.1. The zero-order valence-electron chi connectivity index (χ0n) is 18.2. The number of nitrogens with zero attached hydrogens (tertiary/aromatic N) is 1. The smallest absolute Gasteiger partial charge is 0.242 e. The van der Waals surface area contributed by atoms with E-state index in [9.17, 15) is 9.59 Å². The summed E-state index contributed by atoms with van der Waals surface area (Å²) in [5.41, 5.74) is 2.13. The number of amides is 2. The van der Waals surface area contributed by atoms with E-state index in [1.807, 2.05) is 50.2 Å². The molecule has 0 saturated carbocycles. The monoisotopic (exact) mass is 446 g/mol. The molecule has 4 nitrogen and oxygen atoms in total. The van der Waals surface area contributed by atoms with E-state index >= 15 is 0 Å². The molecule has 0 spiro atoms. The summed E-state index contributed by atoms with van der Waals surface area (Å²) in [5, 5.41) is 3.63. The van der Waals surface area contributed by atoms with Gasteiger partial charge in [-0.3, -0.25) is 9.59 Å². The van der Waals surface area contributed by atoms with Crippen LogP contribution >= 0.6 is 23.4 Å². The molecule has 30 heavy (non-hydrogen) atoms. The van der Waals surface area contributed by atoms with Crippen LogP contribution in [0.3, 0.4) is 0 Å². The second kappa shape index (κ2) is 12.0. The fraction of sp³-hybridized carbons (Fsp3) is 0.417. The largest absolute Gasteiger partial charge is 0.354 e. The molecule has 0 aliphatic rings. The number of carbonyl (C=O) groups is 2. The van der Waals surface area contributed by atoms with E-state index in [1.165, 1.54) is 17.3 Å². The van der Waals surface area contributed by atoms with E-state index in [0.717, 1.165) is 10.5 Å². The lowest BCUT2D eigenvalue weighted by Gasteiger charge is -2.31. The predicted octanol–water partition coefficient (Wildman–Crippen LogP) is 5.32. The highest BCUT2D eigenvalue weighted by molar-refractivity contribution is 8.00. The Hall–Kier alpha value is -1.98. The molecular formula is C24H31ClN2O2S. The number of rotatable bonds is 10. The number of nitrogens with one attached hydrogen (secondary N) is 1. The van der Waals surface area contributed by atoms with Crippen molar-refractivity contribution in [1.29, 1.82) is 0 Å². The highest BCUT2D eigenvalue weighted by Crippen LogP contribution is 2.21. The fourth-order valence-corrected chi connectivity index (χ4v) is 3.90. The van der Waals surface area contributed by atoms with Crippen LogP contribution in [0.2, 0.25) is 5.02 Å². The maximum absolute atomic E-state index is 13.2. The summed E-state index contributed by atoms with van der Waals surface area (Å²) in [5.74, 6) is 0.477. The topological polar surface area (TPSA) is 49.4 Å². The molecule has 0 saturated heterocycles. The van der Waals surface area contributed by atoms with Gasteiger partial charge < -0.3 is 10.2 Å². The maximum atomic E-state index is 13.2. The molecule has 0 heterocycles. The van der Waals surface area contributed by atoms with Crippen molar-refractivity contribution >= 4 is 35.2 Å². The van der Waals surface area contributed by atoms with Gasteiger partial charge >= 0.3 is 0 Å². The average molecular weight is 447 g/mol. The van der Waals surface area contributed by atoms with Gasteiger partial charge in [-0.2, -0.15) is 0 Å². The Morgan fingerprint density at radius 1 is 1.07 bits per heavy atom. The Labute approximate surface area is 189 Å². The molecule has 0 aromatic heterocycles. The van der Waals surface area contributed by atoms with Crippen LogP contribution in [0, 0.1) is 12.8 Å². The molecule has 2 aromatic carbocycles. The van der Waals surface area contributed by atoms with Crippen LogP contribution in [-0.2, 0) is 16.1 Å². The van der Waals surface area contributed by atoms with Crippen LogP contribution < -0.4 is 5.32 Å². The molecule has 0 aliphatic heterocycles. The van der Waals surface area contributed by atoms with E-state index in [2.05, 4.69) is 19.2 Å². The first-order valence-corrected chi connectivity index (χ1v) is 11.7. The van der Waals surface area contributed by atoms with Gasteiger partial charge in [0.1, 0.15) is 6.04 Å². The summed E-state index contributed by atoms with van der Waals surface area (Å²) in [6, 6.07) is 15.0. The third-order valence-electron chi connectivity index (χ3n) is 4.72. The van der Waals surface area contributed by atoms with Crippen molar-refractivity contribution in [2.24, 2.45) is 5.92 Å². The van der Waals surface area contributed by atoms with Crippen molar-refractivity contribution < 1.29 is 9.59 Å². The highest BCUT2D eigenvalue weighted by Gasteiger charge is 2.28. The van der Waals surface area contributed by atoms with Gasteiger partial charge in [-0.1, -0.05) is 62.2 Å². The van der Waals surface area contributed by atoms with E-state index in [0.29, 0.717) is 30.5 Å². The van der Waals surface area contributed by atoms with Crippen molar-refractivity contribution in [3.63, 3.8) is 0 Å². The van der Waals surface area contributed by atoms with Gasteiger partial charge in [0.2, 0.25) is 11.8 Å². The Morgan fingerprint density at radius 2 is 1.70 bits per heavy atom. The molecule has 2 amide bonds. The molecule has 2 rings (SSSR count). The minimum Gasteiger partial charge on any atom is -0.354 e. The normalized spacial score (nSPS) is 11.9. The first kappa shape index (κ1) is 24.3. The number of thioether (sulfide) groups is 1. The third-order valence-corrected chi connectivity index (χ3v) is 5.97. The second-order valence-electron chi connectivity index (χ2n) is 7.81. The summed E-state index contributed by atoms with van der Waals surface area (Å²) >= 11 is 7.49. The van der Waals surface area contributed by atoms with Crippen molar-refractivity contribution in [1.82, 2.24) is 10.2 Å². The number of benzene rings is 2. The molecule has 0 unspecified atom stereocenters. The lowest BCUT2D eigenvalue weighted by atomic mass is 10.1. The SMILES string of the molecule is CC[C@@H](C(=O)NCC(C)C)N(Cc1ccc(Cl)cc1)C(=O)CSc1ccc(C)cc1. The molecule has 2 aromatic rings. The van der Waals surface area contributed by atoms with Gasteiger partial charge in [-0.25, -0.2) is 0 Å². The Bertz CT molecular complexity index is 822. The van der Waals surface area contributed by atoms with E-state index in [4.69, 9.17) is 11.6 Å². The van der Waals surface area contributed by atoms with Crippen LogP contribution in [0.4, 0.5) is 0 Å². The molecule has 1 atom stereocenters. The molecule has 162 valence electrons. The number of hydrogen-bond acceptors (Lipinski definition) is 3. The third kappa shape index (κ3) is 7.69. The van der Waals surface area contributed by atoms with Crippen LogP contribution in [0.5, 0.6) is 0 Å². The van der Waals surface area contributed by atoms with Crippen LogP contribution in [0.15, 0.2) is 53.4 Å². The van der Waals surface area contributed by atoms with Gasteiger partial charge in [0.05, 0.1) is 5.75 Å². The van der Waals surface area contributed by atoms with Gasteiger partial charge in [0.15, 0.2) is 0 Å². The summed E-state index contributed by atoms with van der Waals surface area (Å²) in [7, 11) is 0. The highest BCUT2D eigenvalue weighted by atomic mass is 35.5. The summed E-state index contributed by atoms with van der Waals surface area (Å²) in [6.07, 6.45) is 0.554. The van der Waals surface area contributed by atoms with Gasteiger partial charge in [-0.05, 0) is 49.1 Å². The fourth-order valence-electron chi connectivity index (χ4n) is 2.99. The Balaban J connectivity index is 2.17. The van der Waals surface area contributed by atoms with Crippen LogP contribution in [0.1, 0.15) is 38.3 Å². The maximum Gasteiger partial charge on any atom is 0.242 e. The molecule has 1 N–H and O–H groups in total. The van der Waals surface area contributed by atoms with Crippen molar-refractivity contribution in [2.75, 3.05) is 12.3 Å². The molecule has 6 heteroatoms. The van der Waals surface area contributed by atoms with Crippen LogP contribution in [0.25, 0.3) is 0 Å². The van der Waals surface area contributed by atoms with Crippen molar-refractivity contribution in [3.05, 3.63) is 64.7 Å². The Morgan fingerprint density at radius 3 is 2.27 bits per heavy atom. The van der Waals surface area contributed by atoms with Gasteiger partial charge in [-0.15, -0.1) is 11.8 Å². The van der Waals surface area contributed by atoms with E-state index < -0.39 is 6.04 Å². The lowest BCUT2D eigenvalue weighted by Crippen LogP contribution is -2.50. The number of hydrogen-bond donors (Lipinski definition) is 1. The van der Waals surface area contributed by atoms with Crippen LogP contribution in [-0.4, -0.2) is 35.1 Å². The number of carbonyl (C=O) groups excluding carboxylic acids is 2.